The van der Waals surface area contributed by atoms with Gasteiger partial charge in [0.15, 0.2) is 0 Å². The Bertz CT molecular complexity index is 446. The van der Waals surface area contributed by atoms with Crippen molar-refractivity contribution in [3.8, 4) is 0 Å². The second-order valence-corrected chi connectivity index (χ2v) is 2.97. The molecule has 0 aliphatic rings. The number of nitrogens with two attached hydrogens (primary N) is 1. The summed E-state index contributed by atoms with van der Waals surface area (Å²) in [6, 6.07) is 4.43. The Labute approximate surface area is 92.0 Å². The molecule has 0 amide bonds. The third-order valence-corrected chi connectivity index (χ3v) is 1.95. The van der Waals surface area contributed by atoms with Crippen LogP contribution in [0.2, 0.25) is 0 Å². The Morgan fingerprint density at radius 1 is 1.47 bits per heavy atom. The third-order valence-electron chi connectivity index (χ3n) is 1.95. The molecule has 0 aliphatic carbocycles. The SMILES string of the molecule is Cl.NOCCc1nc2ccc(F)cc2[nH]1. The highest BCUT2D eigenvalue weighted by Crippen LogP contribution is 2.12. The number of benzene rings is 1. The summed E-state index contributed by atoms with van der Waals surface area (Å²) in [5, 5.41) is 0. The molecule has 0 spiro atoms. The van der Waals surface area contributed by atoms with Crippen LogP contribution in [0, 0.1) is 5.82 Å². The van der Waals surface area contributed by atoms with E-state index >= 15 is 0 Å². The average molecular weight is 232 g/mol. The highest BCUT2D eigenvalue weighted by molar-refractivity contribution is 5.85. The van der Waals surface area contributed by atoms with Crippen LogP contribution in [0.5, 0.6) is 0 Å². The minimum Gasteiger partial charge on any atom is -0.342 e. The molecule has 2 aromatic rings. The molecule has 15 heavy (non-hydrogen) atoms. The van der Waals surface area contributed by atoms with Crippen LogP contribution in [0.4, 0.5) is 4.39 Å². The van der Waals surface area contributed by atoms with Gasteiger partial charge in [-0.25, -0.2) is 15.3 Å². The fraction of sp³-hybridized carbons (Fsp3) is 0.222. The van der Waals surface area contributed by atoms with Crippen molar-refractivity contribution in [3.63, 3.8) is 0 Å². The lowest BCUT2D eigenvalue weighted by Crippen LogP contribution is -2.04. The summed E-state index contributed by atoms with van der Waals surface area (Å²) in [5.74, 6) is 5.36. The number of fused-ring (bicyclic) bond motifs is 1. The van der Waals surface area contributed by atoms with Crippen LogP contribution in [0.1, 0.15) is 5.82 Å². The van der Waals surface area contributed by atoms with Gasteiger partial charge in [-0.05, 0) is 18.2 Å². The highest BCUT2D eigenvalue weighted by Gasteiger charge is 2.02. The van der Waals surface area contributed by atoms with Crippen molar-refractivity contribution in [1.82, 2.24) is 9.97 Å². The minimum absolute atomic E-state index is 0. The molecule has 1 heterocycles. The van der Waals surface area contributed by atoms with Gasteiger partial charge in [-0.15, -0.1) is 12.4 Å². The number of nitrogens with zero attached hydrogens (tertiary/aromatic N) is 1. The lowest BCUT2D eigenvalue weighted by Gasteiger charge is -1.92. The summed E-state index contributed by atoms with van der Waals surface area (Å²) < 4.78 is 12.8. The molecular formula is C9H11ClFN3O. The number of hydrogen-bond donors (Lipinski definition) is 2. The van der Waals surface area contributed by atoms with E-state index in [1.165, 1.54) is 12.1 Å². The predicted molar refractivity (Wildman–Crippen MR) is 57.1 cm³/mol. The molecule has 0 radical (unpaired) electrons. The maximum Gasteiger partial charge on any atom is 0.125 e. The van der Waals surface area contributed by atoms with Crippen LogP contribution in [0.15, 0.2) is 18.2 Å². The number of H-pyrrole nitrogens is 1. The van der Waals surface area contributed by atoms with Crippen molar-refractivity contribution < 1.29 is 9.23 Å². The van der Waals surface area contributed by atoms with Gasteiger partial charge in [-0.3, -0.25) is 0 Å². The summed E-state index contributed by atoms with van der Waals surface area (Å²) in [4.78, 5) is 11.6. The Balaban J connectivity index is 0.00000112. The predicted octanol–water partition coefficient (Wildman–Crippen LogP) is 1.56. The lowest BCUT2D eigenvalue weighted by molar-refractivity contribution is 0.140. The zero-order valence-corrected chi connectivity index (χ0v) is 8.68. The van der Waals surface area contributed by atoms with E-state index in [1.807, 2.05) is 0 Å². The molecule has 1 aromatic heterocycles. The van der Waals surface area contributed by atoms with Gasteiger partial charge in [0.1, 0.15) is 11.6 Å². The van der Waals surface area contributed by atoms with Gasteiger partial charge in [0.05, 0.1) is 17.6 Å². The van der Waals surface area contributed by atoms with Gasteiger partial charge in [0, 0.05) is 6.42 Å². The molecular weight excluding hydrogens is 221 g/mol. The van der Waals surface area contributed by atoms with E-state index < -0.39 is 0 Å². The van der Waals surface area contributed by atoms with Gasteiger partial charge in [0.25, 0.3) is 0 Å². The first kappa shape index (κ1) is 11.9. The second-order valence-electron chi connectivity index (χ2n) is 2.97. The summed E-state index contributed by atoms with van der Waals surface area (Å²) in [5.41, 5.74) is 1.44. The number of imidazole rings is 1. The van der Waals surface area contributed by atoms with Crippen LogP contribution >= 0.6 is 12.4 Å². The monoisotopic (exact) mass is 231 g/mol. The van der Waals surface area contributed by atoms with Gasteiger partial charge in [-0.1, -0.05) is 0 Å². The van der Waals surface area contributed by atoms with E-state index in [0.717, 1.165) is 11.3 Å². The van der Waals surface area contributed by atoms with Crippen molar-refractivity contribution in [3.05, 3.63) is 29.8 Å². The van der Waals surface area contributed by atoms with E-state index in [-0.39, 0.29) is 18.2 Å². The van der Waals surface area contributed by atoms with Gasteiger partial charge >= 0.3 is 0 Å². The van der Waals surface area contributed by atoms with E-state index in [0.29, 0.717) is 18.5 Å². The van der Waals surface area contributed by atoms with Crippen LogP contribution < -0.4 is 5.90 Å². The maximum atomic E-state index is 12.8. The Morgan fingerprint density at radius 3 is 3.00 bits per heavy atom. The van der Waals surface area contributed by atoms with Crippen molar-refractivity contribution in [2.45, 2.75) is 6.42 Å². The number of aromatic amines is 1. The maximum absolute atomic E-state index is 12.8. The average Bonchev–Trinajstić information content (AvgIpc) is 2.56. The molecule has 2 rings (SSSR count). The first-order valence-corrected chi connectivity index (χ1v) is 4.25. The van der Waals surface area contributed by atoms with Crippen LogP contribution in [0.25, 0.3) is 11.0 Å². The Morgan fingerprint density at radius 2 is 2.27 bits per heavy atom. The second kappa shape index (κ2) is 5.06. The first-order valence-electron chi connectivity index (χ1n) is 4.25. The van der Waals surface area contributed by atoms with Crippen molar-refractivity contribution in [2.75, 3.05) is 6.61 Å². The van der Waals surface area contributed by atoms with Crippen molar-refractivity contribution in [2.24, 2.45) is 5.90 Å². The first-order chi connectivity index (χ1) is 6.79. The normalized spacial score (nSPS) is 10.3. The topological polar surface area (TPSA) is 63.9 Å². The zero-order valence-electron chi connectivity index (χ0n) is 7.87. The van der Waals surface area contributed by atoms with E-state index in [4.69, 9.17) is 5.90 Å². The fourth-order valence-corrected chi connectivity index (χ4v) is 1.31. The summed E-state index contributed by atoms with van der Waals surface area (Å²) in [7, 11) is 0. The standard InChI is InChI=1S/C9H10FN3O.ClH/c10-6-1-2-7-8(5-6)13-9(12-7)3-4-14-11;/h1-2,5H,3-4,11H2,(H,12,13);1H. The van der Waals surface area contributed by atoms with E-state index in [9.17, 15) is 4.39 Å². The van der Waals surface area contributed by atoms with Crippen LogP contribution in [0.3, 0.4) is 0 Å². The molecule has 0 bridgehead atoms. The molecule has 0 aliphatic heterocycles. The van der Waals surface area contributed by atoms with Gasteiger partial charge in [-0.2, -0.15) is 0 Å². The molecule has 1 aromatic carbocycles. The summed E-state index contributed by atoms with van der Waals surface area (Å²) in [6.07, 6.45) is 0.590. The number of nitrogens with one attached hydrogen (secondary N) is 1. The quantitative estimate of drug-likeness (QED) is 0.788. The molecule has 0 saturated heterocycles. The molecule has 4 nitrogen and oxygen atoms in total. The molecule has 0 unspecified atom stereocenters. The third kappa shape index (κ3) is 2.65. The molecule has 6 heteroatoms. The van der Waals surface area contributed by atoms with E-state index in [2.05, 4.69) is 14.8 Å². The summed E-state index contributed by atoms with van der Waals surface area (Å²) >= 11 is 0. The molecule has 0 atom stereocenters. The van der Waals surface area contributed by atoms with Crippen LogP contribution in [-0.2, 0) is 11.3 Å². The molecule has 82 valence electrons. The molecule has 0 saturated carbocycles. The minimum atomic E-state index is -0.275. The Kier molecular flexibility index (Phi) is 4.02. The summed E-state index contributed by atoms with van der Waals surface area (Å²) in [6.45, 7) is 0.391. The number of halogens is 2. The van der Waals surface area contributed by atoms with Crippen molar-refractivity contribution >= 4 is 23.4 Å². The lowest BCUT2D eigenvalue weighted by atomic mass is 10.3. The van der Waals surface area contributed by atoms with Crippen molar-refractivity contribution in [1.29, 1.82) is 0 Å². The van der Waals surface area contributed by atoms with Gasteiger partial charge < -0.3 is 9.82 Å². The smallest absolute Gasteiger partial charge is 0.125 e. The van der Waals surface area contributed by atoms with Gasteiger partial charge in [0.2, 0.25) is 0 Å². The molecule has 0 fully saturated rings. The van der Waals surface area contributed by atoms with E-state index in [1.54, 1.807) is 6.07 Å². The zero-order chi connectivity index (χ0) is 9.97. The number of aromatic nitrogens is 2. The molecule has 3 N–H and O–H groups in total. The highest BCUT2D eigenvalue weighted by atomic mass is 35.5. The fourth-order valence-electron chi connectivity index (χ4n) is 1.31. The Hall–Kier alpha value is -1.17. The largest absolute Gasteiger partial charge is 0.342 e. The number of hydrogen-bond acceptors (Lipinski definition) is 3. The number of rotatable bonds is 3. The van der Waals surface area contributed by atoms with Crippen LogP contribution in [-0.4, -0.2) is 16.6 Å².